The first-order valence-electron chi connectivity index (χ1n) is 9.01. The molecule has 1 aliphatic rings. The molecule has 5 nitrogen and oxygen atoms in total. The second-order valence-electron chi connectivity index (χ2n) is 6.36. The topological polar surface area (TPSA) is 62.6 Å². The van der Waals surface area contributed by atoms with E-state index in [4.69, 9.17) is 9.47 Å². The van der Waals surface area contributed by atoms with Gasteiger partial charge in [0.15, 0.2) is 0 Å². The molecule has 1 aliphatic heterocycles. The number of carbonyl (C=O) groups is 1. The molecule has 138 valence electrons. The summed E-state index contributed by atoms with van der Waals surface area (Å²) in [6, 6.07) is 24.1. The number of hydrogen-bond donors (Lipinski definition) is 0. The molecule has 28 heavy (non-hydrogen) atoms. The zero-order valence-corrected chi connectivity index (χ0v) is 15.2. The van der Waals surface area contributed by atoms with Crippen LogP contribution < -0.4 is 14.4 Å². The van der Waals surface area contributed by atoms with E-state index in [1.165, 1.54) is 0 Å². The van der Waals surface area contributed by atoms with Gasteiger partial charge in [0.1, 0.15) is 24.7 Å². The maximum absolute atomic E-state index is 13.1. The van der Waals surface area contributed by atoms with Gasteiger partial charge in [-0.2, -0.15) is 5.26 Å². The zero-order chi connectivity index (χ0) is 19.3. The van der Waals surface area contributed by atoms with E-state index in [-0.39, 0.29) is 12.5 Å². The number of carbonyl (C=O) groups excluding carboxylic acids is 1. The molecule has 4 rings (SSSR count). The standard InChI is InChI=1S/C23H18N2O3/c24-15-18-6-1-2-7-19(18)16-28-20-9-5-8-17(14-20)23(26)25-12-13-27-22-11-4-3-10-21(22)25/h1-11,14H,12-13,16H2. The van der Waals surface area contributed by atoms with E-state index in [0.717, 1.165) is 11.3 Å². The van der Waals surface area contributed by atoms with Gasteiger partial charge in [-0.3, -0.25) is 4.79 Å². The molecule has 0 atom stereocenters. The van der Waals surface area contributed by atoms with E-state index in [1.807, 2.05) is 42.5 Å². The lowest BCUT2D eigenvalue weighted by Gasteiger charge is -2.29. The Balaban J connectivity index is 1.53. The molecule has 0 N–H and O–H groups in total. The number of benzene rings is 3. The molecule has 0 spiro atoms. The summed E-state index contributed by atoms with van der Waals surface area (Å²) >= 11 is 0. The first-order chi connectivity index (χ1) is 13.8. The number of para-hydroxylation sites is 2. The van der Waals surface area contributed by atoms with E-state index in [2.05, 4.69) is 6.07 Å². The van der Waals surface area contributed by atoms with Crippen molar-refractivity contribution in [2.45, 2.75) is 6.61 Å². The van der Waals surface area contributed by atoms with Crippen molar-refractivity contribution in [2.24, 2.45) is 0 Å². The van der Waals surface area contributed by atoms with E-state index < -0.39 is 0 Å². The SMILES string of the molecule is N#Cc1ccccc1COc1cccc(C(=O)N2CCOc3ccccc32)c1. The van der Waals surface area contributed by atoms with Crippen molar-refractivity contribution >= 4 is 11.6 Å². The van der Waals surface area contributed by atoms with Gasteiger partial charge in [-0.25, -0.2) is 0 Å². The minimum absolute atomic E-state index is 0.0985. The van der Waals surface area contributed by atoms with E-state index >= 15 is 0 Å². The highest BCUT2D eigenvalue weighted by atomic mass is 16.5. The van der Waals surface area contributed by atoms with Crippen LogP contribution >= 0.6 is 0 Å². The highest BCUT2D eigenvalue weighted by Gasteiger charge is 2.24. The molecule has 0 radical (unpaired) electrons. The van der Waals surface area contributed by atoms with Crippen LogP contribution in [-0.2, 0) is 6.61 Å². The Bertz CT molecular complexity index is 1060. The van der Waals surface area contributed by atoms with Crippen LogP contribution in [0.15, 0.2) is 72.8 Å². The van der Waals surface area contributed by atoms with Crippen molar-refractivity contribution in [3.8, 4) is 17.6 Å². The summed E-state index contributed by atoms with van der Waals surface area (Å²) in [5.41, 5.74) is 2.71. The average molecular weight is 370 g/mol. The summed E-state index contributed by atoms with van der Waals surface area (Å²) in [6.45, 7) is 1.22. The van der Waals surface area contributed by atoms with Gasteiger partial charge in [-0.1, -0.05) is 36.4 Å². The molecule has 0 fully saturated rings. The predicted molar refractivity (Wildman–Crippen MR) is 106 cm³/mol. The molecule has 0 aliphatic carbocycles. The summed E-state index contributed by atoms with van der Waals surface area (Å²) in [4.78, 5) is 14.8. The van der Waals surface area contributed by atoms with Crippen molar-refractivity contribution < 1.29 is 14.3 Å². The molecular weight excluding hydrogens is 352 g/mol. The van der Waals surface area contributed by atoms with Crippen LogP contribution in [0.2, 0.25) is 0 Å². The highest BCUT2D eigenvalue weighted by molar-refractivity contribution is 6.07. The van der Waals surface area contributed by atoms with Crippen LogP contribution in [-0.4, -0.2) is 19.1 Å². The molecule has 3 aromatic rings. The minimum atomic E-state index is -0.0985. The second kappa shape index (κ2) is 7.85. The van der Waals surface area contributed by atoms with Crippen molar-refractivity contribution in [3.05, 3.63) is 89.5 Å². The fraction of sp³-hybridized carbons (Fsp3) is 0.130. The molecular formula is C23H18N2O3. The Morgan fingerprint density at radius 1 is 1.07 bits per heavy atom. The summed E-state index contributed by atoms with van der Waals surface area (Å²) in [5, 5.41) is 9.19. The maximum atomic E-state index is 13.1. The number of fused-ring (bicyclic) bond motifs is 1. The number of rotatable bonds is 4. The first kappa shape index (κ1) is 17.6. The van der Waals surface area contributed by atoms with Crippen LogP contribution in [0.1, 0.15) is 21.5 Å². The third kappa shape index (κ3) is 3.53. The van der Waals surface area contributed by atoms with Gasteiger partial charge in [0.05, 0.1) is 23.9 Å². The van der Waals surface area contributed by atoms with Crippen LogP contribution in [0.25, 0.3) is 0 Å². The van der Waals surface area contributed by atoms with E-state index in [0.29, 0.717) is 35.8 Å². The molecule has 0 saturated carbocycles. The smallest absolute Gasteiger partial charge is 0.258 e. The fourth-order valence-electron chi connectivity index (χ4n) is 3.17. The molecule has 5 heteroatoms. The van der Waals surface area contributed by atoms with Gasteiger partial charge < -0.3 is 14.4 Å². The van der Waals surface area contributed by atoms with E-state index in [1.54, 1.807) is 35.2 Å². The Morgan fingerprint density at radius 2 is 1.89 bits per heavy atom. The lowest BCUT2D eigenvalue weighted by molar-refractivity contribution is 0.0976. The number of anilines is 1. The Morgan fingerprint density at radius 3 is 2.79 bits per heavy atom. The highest BCUT2D eigenvalue weighted by Crippen LogP contribution is 2.32. The number of nitrogens with zero attached hydrogens (tertiary/aromatic N) is 2. The molecule has 1 amide bonds. The lowest BCUT2D eigenvalue weighted by atomic mass is 10.1. The Labute approximate surface area is 163 Å². The fourth-order valence-corrected chi connectivity index (χ4v) is 3.17. The molecule has 1 heterocycles. The van der Waals surface area contributed by atoms with E-state index in [9.17, 15) is 10.1 Å². The van der Waals surface area contributed by atoms with Crippen LogP contribution in [0.4, 0.5) is 5.69 Å². The predicted octanol–water partition coefficient (Wildman–Crippen LogP) is 4.18. The average Bonchev–Trinajstić information content (AvgIpc) is 2.77. The molecule has 0 saturated heterocycles. The third-order valence-electron chi connectivity index (χ3n) is 4.59. The van der Waals surface area contributed by atoms with Crippen molar-refractivity contribution in [1.29, 1.82) is 5.26 Å². The number of amides is 1. The van der Waals surface area contributed by atoms with Gasteiger partial charge in [-0.05, 0) is 36.4 Å². The monoisotopic (exact) mass is 370 g/mol. The van der Waals surface area contributed by atoms with Crippen LogP contribution in [0.5, 0.6) is 11.5 Å². The third-order valence-corrected chi connectivity index (χ3v) is 4.59. The van der Waals surface area contributed by atoms with Gasteiger partial charge in [0.25, 0.3) is 5.91 Å². The number of nitriles is 1. The maximum Gasteiger partial charge on any atom is 0.258 e. The van der Waals surface area contributed by atoms with Gasteiger partial charge in [0.2, 0.25) is 0 Å². The minimum Gasteiger partial charge on any atom is -0.490 e. The lowest BCUT2D eigenvalue weighted by Crippen LogP contribution is -2.37. The zero-order valence-electron chi connectivity index (χ0n) is 15.2. The molecule has 0 unspecified atom stereocenters. The van der Waals surface area contributed by atoms with Gasteiger partial charge in [0, 0.05) is 11.1 Å². The Kier molecular flexibility index (Phi) is 4.94. The van der Waals surface area contributed by atoms with Gasteiger partial charge in [-0.15, -0.1) is 0 Å². The first-order valence-corrected chi connectivity index (χ1v) is 9.01. The van der Waals surface area contributed by atoms with Crippen molar-refractivity contribution in [2.75, 3.05) is 18.1 Å². The summed E-state index contributed by atoms with van der Waals surface area (Å²) in [6.07, 6.45) is 0. The second-order valence-corrected chi connectivity index (χ2v) is 6.36. The molecule has 0 aromatic heterocycles. The van der Waals surface area contributed by atoms with Gasteiger partial charge >= 0.3 is 0 Å². The normalized spacial score (nSPS) is 12.5. The van der Waals surface area contributed by atoms with Crippen LogP contribution in [0, 0.1) is 11.3 Å². The summed E-state index contributed by atoms with van der Waals surface area (Å²) in [7, 11) is 0. The largest absolute Gasteiger partial charge is 0.490 e. The van der Waals surface area contributed by atoms with Crippen LogP contribution in [0.3, 0.4) is 0 Å². The van der Waals surface area contributed by atoms with Crippen molar-refractivity contribution in [1.82, 2.24) is 0 Å². The molecule has 3 aromatic carbocycles. The number of hydrogen-bond acceptors (Lipinski definition) is 4. The Hall–Kier alpha value is -3.78. The molecule has 0 bridgehead atoms. The number of ether oxygens (including phenoxy) is 2. The quantitative estimate of drug-likeness (QED) is 0.691. The van der Waals surface area contributed by atoms with Crippen molar-refractivity contribution in [3.63, 3.8) is 0 Å². The summed E-state index contributed by atoms with van der Waals surface area (Å²) in [5.74, 6) is 1.20. The summed E-state index contributed by atoms with van der Waals surface area (Å²) < 4.78 is 11.5.